The van der Waals surface area contributed by atoms with Crippen molar-refractivity contribution in [1.29, 1.82) is 0 Å². The molecule has 9 nitrogen and oxygen atoms in total. The summed E-state index contributed by atoms with van der Waals surface area (Å²) in [6, 6.07) is 13.2. The number of amides is 2. The lowest BCUT2D eigenvalue weighted by Crippen LogP contribution is -2.44. The van der Waals surface area contributed by atoms with E-state index in [9.17, 15) is 13.2 Å². The number of nitrogens with zero attached hydrogens (tertiary/aromatic N) is 3. The van der Waals surface area contributed by atoms with Crippen molar-refractivity contribution in [2.24, 2.45) is 5.14 Å². The molecule has 3 aromatic rings. The molecule has 2 aromatic carbocycles. The normalized spacial score (nSPS) is 16.2. The van der Waals surface area contributed by atoms with Crippen LogP contribution >= 0.6 is 0 Å². The quantitative estimate of drug-likeness (QED) is 0.487. The van der Waals surface area contributed by atoms with Crippen LogP contribution in [-0.2, 0) is 23.1 Å². The molecule has 2 heterocycles. The lowest BCUT2D eigenvalue weighted by atomic mass is 9.93. The molecule has 1 aliphatic heterocycles. The molecule has 0 spiro atoms. The molecule has 5 rings (SSSR count). The fourth-order valence-corrected chi connectivity index (χ4v) is 6.10. The third-order valence-electron chi connectivity index (χ3n) is 7.24. The average molecular weight is 536 g/mol. The number of pyridine rings is 1. The summed E-state index contributed by atoms with van der Waals surface area (Å²) in [5, 5.41) is 8.41. The zero-order valence-corrected chi connectivity index (χ0v) is 22.5. The first kappa shape index (κ1) is 26.1. The number of carbonyl (C=O) groups is 1. The minimum atomic E-state index is -4.38. The molecule has 1 fully saturated rings. The SMILES string of the molecule is Cc1cc2c(c(NC(=O)N(c3ccccc3)S(N)(=O)=O)c1-c1ccnc(OC3CCN(C)CC3)c1)CCC2. The van der Waals surface area contributed by atoms with E-state index in [2.05, 4.69) is 28.3 Å². The number of likely N-dealkylation sites (tertiary alicyclic amines) is 1. The van der Waals surface area contributed by atoms with Crippen LogP contribution in [0.25, 0.3) is 11.1 Å². The van der Waals surface area contributed by atoms with Crippen LogP contribution in [0, 0.1) is 6.92 Å². The second kappa shape index (κ2) is 10.7. The van der Waals surface area contributed by atoms with E-state index in [0.29, 0.717) is 15.9 Å². The first-order valence-electron chi connectivity index (χ1n) is 12.9. The van der Waals surface area contributed by atoms with Gasteiger partial charge in [0.15, 0.2) is 0 Å². The molecule has 0 saturated carbocycles. The predicted octanol–water partition coefficient (Wildman–Crippen LogP) is 4.26. The maximum Gasteiger partial charge on any atom is 0.341 e. The van der Waals surface area contributed by atoms with Crippen molar-refractivity contribution in [1.82, 2.24) is 9.88 Å². The number of carbonyl (C=O) groups excluding carboxylic acids is 1. The minimum Gasteiger partial charge on any atom is -0.474 e. The number of fused-ring (bicyclic) bond motifs is 1. The van der Waals surface area contributed by atoms with Crippen LogP contribution in [0.2, 0.25) is 0 Å². The van der Waals surface area contributed by atoms with Crippen molar-refractivity contribution in [3.8, 4) is 17.0 Å². The number of anilines is 2. The molecule has 1 saturated heterocycles. The van der Waals surface area contributed by atoms with Crippen LogP contribution in [0.15, 0.2) is 54.7 Å². The lowest BCUT2D eigenvalue weighted by Gasteiger charge is -2.29. The molecule has 3 N–H and O–H groups in total. The van der Waals surface area contributed by atoms with E-state index in [1.807, 2.05) is 19.1 Å². The summed E-state index contributed by atoms with van der Waals surface area (Å²) in [6.07, 6.45) is 6.32. The number of aryl methyl sites for hydroxylation is 2. The van der Waals surface area contributed by atoms with Gasteiger partial charge in [0.2, 0.25) is 5.88 Å². The molecular formula is C28H33N5O4S. The summed E-state index contributed by atoms with van der Waals surface area (Å²) in [7, 11) is -2.27. The lowest BCUT2D eigenvalue weighted by molar-refractivity contribution is 0.110. The summed E-state index contributed by atoms with van der Waals surface area (Å²) in [5.41, 5.74) is 5.56. The molecular weight excluding hydrogens is 502 g/mol. The largest absolute Gasteiger partial charge is 0.474 e. The number of hydrogen-bond donors (Lipinski definition) is 2. The molecule has 0 radical (unpaired) electrons. The van der Waals surface area contributed by atoms with Crippen molar-refractivity contribution >= 4 is 27.6 Å². The number of piperidine rings is 1. The van der Waals surface area contributed by atoms with Gasteiger partial charge in [0.05, 0.1) is 11.4 Å². The van der Waals surface area contributed by atoms with Crippen LogP contribution in [0.5, 0.6) is 5.88 Å². The second-order valence-corrected chi connectivity index (χ2v) is 11.4. The highest BCUT2D eigenvalue weighted by atomic mass is 32.2. The fraction of sp³-hybridized carbons (Fsp3) is 0.357. The number of aromatic nitrogens is 1. The molecule has 2 amide bonds. The summed E-state index contributed by atoms with van der Waals surface area (Å²) >= 11 is 0. The number of hydrogen-bond acceptors (Lipinski definition) is 6. The average Bonchev–Trinajstić information content (AvgIpc) is 3.34. The number of para-hydroxylation sites is 1. The fourth-order valence-electron chi connectivity index (χ4n) is 5.41. The number of urea groups is 1. The van der Waals surface area contributed by atoms with Gasteiger partial charge in [-0.2, -0.15) is 12.7 Å². The van der Waals surface area contributed by atoms with Gasteiger partial charge in [-0.15, -0.1) is 0 Å². The zero-order valence-electron chi connectivity index (χ0n) is 21.7. The molecule has 38 heavy (non-hydrogen) atoms. The molecule has 2 aliphatic rings. The highest BCUT2D eigenvalue weighted by Crippen LogP contribution is 2.41. The molecule has 1 aliphatic carbocycles. The van der Waals surface area contributed by atoms with Gasteiger partial charge in [0.1, 0.15) is 6.10 Å². The molecule has 10 heteroatoms. The number of nitrogens with one attached hydrogen (secondary N) is 1. The summed E-state index contributed by atoms with van der Waals surface area (Å²) in [6.45, 7) is 3.95. The Morgan fingerprint density at radius 1 is 1.13 bits per heavy atom. The number of rotatable bonds is 6. The van der Waals surface area contributed by atoms with Crippen LogP contribution in [0.3, 0.4) is 0 Å². The van der Waals surface area contributed by atoms with E-state index in [1.165, 1.54) is 12.1 Å². The van der Waals surface area contributed by atoms with Crippen LogP contribution in [0.1, 0.15) is 36.0 Å². The Morgan fingerprint density at radius 2 is 1.87 bits per heavy atom. The molecule has 200 valence electrons. The molecule has 0 atom stereocenters. The molecule has 0 bridgehead atoms. The van der Waals surface area contributed by atoms with Crippen molar-refractivity contribution in [2.45, 2.75) is 45.1 Å². The Morgan fingerprint density at radius 3 is 2.58 bits per heavy atom. The van der Waals surface area contributed by atoms with Crippen molar-refractivity contribution in [3.63, 3.8) is 0 Å². The maximum absolute atomic E-state index is 13.5. The highest BCUT2D eigenvalue weighted by Gasteiger charge is 2.30. The van der Waals surface area contributed by atoms with Crippen molar-refractivity contribution < 1.29 is 17.9 Å². The highest BCUT2D eigenvalue weighted by molar-refractivity contribution is 7.91. The Kier molecular flexibility index (Phi) is 7.38. The topological polar surface area (TPSA) is 118 Å². The van der Waals surface area contributed by atoms with Gasteiger partial charge >= 0.3 is 16.2 Å². The van der Waals surface area contributed by atoms with Gasteiger partial charge in [-0.05, 0) is 86.5 Å². The van der Waals surface area contributed by atoms with Crippen LogP contribution < -0.4 is 19.5 Å². The van der Waals surface area contributed by atoms with Gasteiger partial charge in [0.25, 0.3) is 0 Å². The van der Waals surface area contributed by atoms with Crippen LogP contribution in [-0.4, -0.2) is 50.6 Å². The first-order chi connectivity index (χ1) is 18.2. The predicted molar refractivity (Wildman–Crippen MR) is 149 cm³/mol. The Balaban J connectivity index is 1.52. The summed E-state index contributed by atoms with van der Waals surface area (Å²) in [5.74, 6) is 0.532. The van der Waals surface area contributed by atoms with Crippen molar-refractivity contribution in [3.05, 3.63) is 71.4 Å². The maximum atomic E-state index is 13.5. The van der Waals surface area contributed by atoms with E-state index in [4.69, 9.17) is 9.88 Å². The van der Waals surface area contributed by atoms with E-state index < -0.39 is 16.2 Å². The second-order valence-electron chi connectivity index (χ2n) is 10.0. The van der Waals surface area contributed by atoms with Crippen molar-refractivity contribution in [2.75, 3.05) is 29.8 Å². The molecule has 1 aromatic heterocycles. The Labute approximate surface area is 223 Å². The van der Waals surface area contributed by atoms with Crippen LogP contribution in [0.4, 0.5) is 16.2 Å². The molecule has 0 unspecified atom stereocenters. The van der Waals surface area contributed by atoms with Gasteiger partial charge in [-0.3, -0.25) is 0 Å². The monoisotopic (exact) mass is 535 g/mol. The standard InChI is InChI=1S/C28H33N5O4S/c1-19-17-20-7-6-10-24(20)27(31-28(34)33(38(29,35)36)22-8-4-3-5-9-22)26(19)21-11-14-30-25(18-21)37-23-12-15-32(2)16-13-23/h3-5,8-9,11,14,17-18,23H,6-7,10,12-13,15-16H2,1-2H3,(H,31,34)(H2,29,35,36). The minimum absolute atomic E-state index is 0.100. The summed E-state index contributed by atoms with van der Waals surface area (Å²) in [4.78, 5) is 20.3. The van der Waals surface area contributed by atoms with E-state index in [-0.39, 0.29) is 11.8 Å². The van der Waals surface area contributed by atoms with Gasteiger partial charge < -0.3 is 15.0 Å². The van der Waals surface area contributed by atoms with E-state index in [1.54, 1.807) is 24.4 Å². The summed E-state index contributed by atoms with van der Waals surface area (Å²) < 4.78 is 31.8. The van der Waals surface area contributed by atoms with Gasteiger partial charge in [-0.25, -0.2) is 14.9 Å². The first-order valence-corrected chi connectivity index (χ1v) is 14.4. The Bertz CT molecular complexity index is 1440. The zero-order chi connectivity index (χ0) is 26.9. The Hall–Kier alpha value is -3.47. The third-order valence-corrected chi connectivity index (χ3v) is 8.12. The number of ether oxygens (including phenoxy) is 1. The van der Waals surface area contributed by atoms with E-state index in [0.717, 1.165) is 73.0 Å². The van der Waals surface area contributed by atoms with E-state index >= 15 is 0 Å². The smallest absolute Gasteiger partial charge is 0.341 e. The van der Waals surface area contributed by atoms with Gasteiger partial charge in [-0.1, -0.05) is 24.3 Å². The van der Waals surface area contributed by atoms with Gasteiger partial charge in [0, 0.05) is 30.9 Å². The number of nitrogens with two attached hydrogens (primary N) is 1. The third kappa shape index (κ3) is 5.52. The number of benzene rings is 2.